The molecule has 2 amide bonds. The molecule has 0 aliphatic carbocycles. The van der Waals surface area contributed by atoms with Gasteiger partial charge >= 0.3 is 0 Å². The Labute approximate surface area is 183 Å². The van der Waals surface area contributed by atoms with Crippen LogP contribution in [0.15, 0.2) is 49.1 Å². The molecule has 31 heavy (non-hydrogen) atoms. The van der Waals surface area contributed by atoms with Gasteiger partial charge in [0.25, 0.3) is 5.91 Å². The van der Waals surface area contributed by atoms with E-state index >= 15 is 0 Å². The minimum absolute atomic E-state index is 0.00852. The summed E-state index contributed by atoms with van der Waals surface area (Å²) in [5, 5.41) is 3.15. The molecule has 7 heteroatoms. The molecule has 0 spiro atoms. The van der Waals surface area contributed by atoms with E-state index in [4.69, 9.17) is 0 Å². The minimum Gasteiger partial charge on any atom is -0.356 e. The number of hydrogen-bond acceptors (Lipinski definition) is 5. The number of hydrogen-bond donors (Lipinski definition) is 1. The van der Waals surface area contributed by atoms with Gasteiger partial charge in [-0.3, -0.25) is 24.5 Å². The average molecular weight is 422 g/mol. The highest BCUT2D eigenvalue weighted by molar-refractivity contribution is 5.94. The summed E-state index contributed by atoms with van der Waals surface area (Å²) in [6.45, 7) is 3.58. The van der Waals surface area contributed by atoms with E-state index in [0.717, 1.165) is 45.3 Å². The molecule has 4 heterocycles. The van der Waals surface area contributed by atoms with Crippen LogP contribution in [0.4, 0.5) is 0 Å². The summed E-state index contributed by atoms with van der Waals surface area (Å²) < 4.78 is 0. The number of rotatable bonds is 3. The van der Waals surface area contributed by atoms with Gasteiger partial charge in [-0.15, -0.1) is 0 Å². The summed E-state index contributed by atoms with van der Waals surface area (Å²) in [7, 11) is 0. The molecule has 1 N–H and O–H groups in total. The summed E-state index contributed by atoms with van der Waals surface area (Å²) in [6, 6.07) is 7.57. The van der Waals surface area contributed by atoms with Gasteiger partial charge in [-0.1, -0.05) is 12.8 Å². The second-order valence-electron chi connectivity index (χ2n) is 8.48. The van der Waals surface area contributed by atoms with Crippen LogP contribution in [0.25, 0.3) is 0 Å². The molecular weight excluding hydrogens is 390 g/mol. The number of aromatic nitrogens is 2. The quantitative estimate of drug-likeness (QED) is 0.824. The Bertz CT molecular complexity index is 861. The zero-order chi connectivity index (χ0) is 21.5. The summed E-state index contributed by atoms with van der Waals surface area (Å²) in [4.78, 5) is 38.7. The largest absolute Gasteiger partial charge is 0.356 e. The molecule has 0 unspecified atom stereocenters. The molecular formula is C24H31N5O2. The van der Waals surface area contributed by atoms with Crippen molar-refractivity contribution < 1.29 is 9.59 Å². The molecule has 4 rings (SSSR count). The third-order valence-corrected chi connectivity index (χ3v) is 6.41. The van der Waals surface area contributed by atoms with E-state index in [9.17, 15) is 9.59 Å². The first-order valence-electron chi connectivity index (χ1n) is 11.3. The van der Waals surface area contributed by atoms with Gasteiger partial charge in [0.05, 0.1) is 5.92 Å². The van der Waals surface area contributed by atoms with Crippen LogP contribution in [-0.2, 0) is 11.3 Å². The summed E-state index contributed by atoms with van der Waals surface area (Å²) in [5.41, 5.74) is 1.83. The van der Waals surface area contributed by atoms with Crippen LogP contribution in [0.3, 0.4) is 0 Å². The van der Waals surface area contributed by atoms with E-state index in [-0.39, 0.29) is 23.8 Å². The highest BCUT2D eigenvalue weighted by atomic mass is 16.2. The maximum absolute atomic E-state index is 13.1. The number of likely N-dealkylation sites (tertiary alicyclic amines) is 1. The standard InChI is InChI=1S/C24H31N5O2/c30-23-21-9-16-29(24(31)20-7-13-26-14-8-20)18-22(21)28(15-4-2-1-3-10-27-23)17-19-5-11-25-12-6-19/h5-8,11-14,21-22H,1-4,9-10,15-18H2,(H,27,30)/t21-,22-/m1/s1. The van der Waals surface area contributed by atoms with Gasteiger partial charge in [0.1, 0.15) is 0 Å². The predicted molar refractivity (Wildman–Crippen MR) is 118 cm³/mol. The molecule has 2 aromatic rings. The predicted octanol–water partition coefficient (Wildman–Crippen LogP) is 2.50. The number of fused-ring (bicyclic) bond motifs is 1. The average Bonchev–Trinajstić information content (AvgIpc) is 2.85. The van der Waals surface area contributed by atoms with Gasteiger partial charge in [-0.2, -0.15) is 0 Å². The number of nitrogens with one attached hydrogen (secondary N) is 1. The summed E-state index contributed by atoms with van der Waals surface area (Å²) >= 11 is 0. The molecule has 164 valence electrons. The van der Waals surface area contributed by atoms with Crippen LogP contribution in [-0.4, -0.2) is 63.8 Å². The van der Waals surface area contributed by atoms with E-state index in [1.165, 1.54) is 5.56 Å². The Hall–Kier alpha value is -2.80. The van der Waals surface area contributed by atoms with Gasteiger partial charge in [0.15, 0.2) is 0 Å². The molecule has 2 aliphatic rings. The molecule has 7 nitrogen and oxygen atoms in total. The monoisotopic (exact) mass is 421 g/mol. The van der Waals surface area contributed by atoms with Crippen molar-refractivity contribution in [1.29, 1.82) is 0 Å². The first-order valence-corrected chi connectivity index (χ1v) is 11.3. The Morgan fingerprint density at radius 1 is 0.968 bits per heavy atom. The maximum Gasteiger partial charge on any atom is 0.254 e. The van der Waals surface area contributed by atoms with Crippen LogP contribution in [0.1, 0.15) is 48.0 Å². The first kappa shape index (κ1) is 21.4. The van der Waals surface area contributed by atoms with Crippen LogP contribution in [0.5, 0.6) is 0 Å². The first-order chi connectivity index (χ1) is 15.2. The van der Waals surface area contributed by atoms with E-state index < -0.39 is 0 Å². The fourth-order valence-corrected chi connectivity index (χ4v) is 4.69. The Morgan fingerprint density at radius 3 is 2.45 bits per heavy atom. The van der Waals surface area contributed by atoms with Crippen LogP contribution < -0.4 is 5.32 Å². The topological polar surface area (TPSA) is 78.4 Å². The van der Waals surface area contributed by atoms with E-state index in [0.29, 0.717) is 25.1 Å². The Kier molecular flexibility index (Phi) is 7.25. The molecule has 2 aromatic heterocycles. The van der Waals surface area contributed by atoms with Gasteiger partial charge < -0.3 is 10.2 Å². The molecule has 2 aliphatic heterocycles. The third-order valence-electron chi connectivity index (χ3n) is 6.41. The van der Waals surface area contributed by atoms with E-state index in [2.05, 4.69) is 20.2 Å². The second-order valence-corrected chi connectivity index (χ2v) is 8.48. The van der Waals surface area contributed by atoms with E-state index in [1.807, 2.05) is 29.4 Å². The van der Waals surface area contributed by atoms with Crippen molar-refractivity contribution in [3.63, 3.8) is 0 Å². The maximum atomic E-state index is 13.1. The number of carbonyl (C=O) groups is 2. The third kappa shape index (κ3) is 5.47. The van der Waals surface area contributed by atoms with Crippen molar-refractivity contribution in [2.24, 2.45) is 5.92 Å². The fraction of sp³-hybridized carbons (Fsp3) is 0.500. The van der Waals surface area contributed by atoms with Gasteiger partial charge in [0, 0.05) is 62.6 Å². The lowest BCUT2D eigenvalue weighted by Gasteiger charge is -2.43. The summed E-state index contributed by atoms with van der Waals surface area (Å²) in [6.07, 6.45) is 12.0. The van der Waals surface area contributed by atoms with Gasteiger partial charge in [-0.05, 0) is 55.6 Å². The molecule has 0 aromatic carbocycles. The lowest BCUT2D eigenvalue weighted by Crippen LogP contribution is -2.57. The molecule has 2 fully saturated rings. The molecule has 2 atom stereocenters. The van der Waals surface area contributed by atoms with Gasteiger partial charge in [0.2, 0.25) is 5.91 Å². The smallest absolute Gasteiger partial charge is 0.254 e. The van der Waals surface area contributed by atoms with Crippen molar-refractivity contribution in [3.05, 3.63) is 60.2 Å². The normalized spacial score (nSPS) is 23.4. The number of piperidine rings is 1. The van der Waals surface area contributed by atoms with Crippen molar-refractivity contribution in [2.45, 2.75) is 44.7 Å². The zero-order valence-electron chi connectivity index (χ0n) is 17.9. The SMILES string of the molecule is O=C1NCCCCCCN(Cc2ccncc2)[C@@H]2CN(C(=O)c3ccncc3)CC[C@@H]12. The Morgan fingerprint density at radius 2 is 1.68 bits per heavy atom. The number of amides is 2. The number of nitrogens with zero attached hydrogens (tertiary/aromatic N) is 4. The van der Waals surface area contributed by atoms with Gasteiger partial charge in [-0.25, -0.2) is 0 Å². The molecule has 2 saturated heterocycles. The highest BCUT2D eigenvalue weighted by Gasteiger charge is 2.39. The fourth-order valence-electron chi connectivity index (χ4n) is 4.69. The molecule has 0 radical (unpaired) electrons. The summed E-state index contributed by atoms with van der Waals surface area (Å²) in [5.74, 6) is 0.0310. The number of pyridine rings is 2. The number of carbonyl (C=O) groups excluding carboxylic acids is 2. The van der Waals surface area contributed by atoms with Crippen LogP contribution in [0.2, 0.25) is 0 Å². The minimum atomic E-state index is -0.110. The van der Waals surface area contributed by atoms with Crippen molar-refractivity contribution in [3.8, 4) is 0 Å². The lowest BCUT2D eigenvalue weighted by molar-refractivity contribution is -0.129. The van der Waals surface area contributed by atoms with Crippen LogP contribution in [0, 0.1) is 5.92 Å². The lowest BCUT2D eigenvalue weighted by atomic mass is 9.88. The Balaban J connectivity index is 1.59. The molecule has 0 saturated carbocycles. The van der Waals surface area contributed by atoms with E-state index in [1.54, 1.807) is 24.5 Å². The zero-order valence-corrected chi connectivity index (χ0v) is 17.9. The second kappa shape index (κ2) is 10.5. The van der Waals surface area contributed by atoms with Crippen molar-refractivity contribution >= 4 is 11.8 Å². The van der Waals surface area contributed by atoms with Crippen molar-refractivity contribution in [1.82, 2.24) is 25.1 Å². The highest BCUT2D eigenvalue weighted by Crippen LogP contribution is 2.27. The van der Waals surface area contributed by atoms with Crippen LogP contribution >= 0.6 is 0 Å². The van der Waals surface area contributed by atoms with Crippen molar-refractivity contribution in [2.75, 3.05) is 26.2 Å². The molecule has 0 bridgehead atoms.